The minimum absolute atomic E-state index is 0.0980. The Balaban J connectivity index is 2.99. The molecule has 15 heavy (non-hydrogen) atoms. The van der Waals surface area contributed by atoms with Gasteiger partial charge in [0.05, 0.1) is 11.5 Å². The highest BCUT2D eigenvalue weighted by Gasteiger charge is 2.12. The molecule has 1 aromatic heterocycles. The molecule has 0 aromatic carbocycles. The van der Waals surface area contributed by atoms with Crippen LogP contribution in [0.25, 0.3) is 0 Å². The van der Waals surface area contributed by atoms with E-state index >= 15 is 0 Å². The first kappa shape index (κ1) is 10.9. The third-order valence-corrected chi connectivity index (χ3v) is 1.59. The van der Waals surface area contributed by atoms with Crippen molar-refractivity contribution < 1.29 is 4.92 Å². The third kappa shape index (κ3) is 2.93. The predicted octanol–water partition coefficient (Wildman–Crippen LogP) is 0.143. The lowest BCUT2D eigenvalue weighted by atomic mass is 10.2. The zero-order valence-electron chi connectivity index (χ0n) is 8.15. The van der Waals surface area contributed by atoms with Crippen LogP contribution >= 0.6 is 0 Å². The number of aromatic nitrogens is 1. The summed E-state index contributed by atoms with van der Waals surface area (Å²) in [6.45, 7) is 0.512. The van der Waals surface area contributed by atoms with Gasteiger partial charge in [-0.2, -0.15) is 0 Å². The van der Waals surface area contributed by atoms with Gasteiger partial charge in [0.25, 0.3) is 0 Å². The molecule has 0 unspecified atom stereocenters. The molecule has 0 radical (unpaired) electrons. The summed E-state index contributed by atoms with van der Waals surface area (Å²) in [6, 6.07) is 1.31. The lowest BCUT2D eigenvalue weighted by Crippen LogP contribution is -2.04. The highest BCUT2D eigenvalue weighted by molar-refractivity contribution is 5.55. The van der Waals surface area contributed by atoms with Crippen molar-refractivity contribution in [3.05, 3.63) is 27.9 Å². The minimum atomic E-state index is -0.578. The normalized spacial score (nSPS) is 9.13. The van der Waals surface area contributed by atoms with Gasteiger partial charge < -0.3 is 11.1 Å². The van der Waals surface area contributed by atoms with Crippen molar-refractivity contribution in [1.82, 2.24) is 10.3 Å². The van der Waals surface area contributed by atoms with Gasteiger partial charge in [0.2, 0.25) is 5.82 Å². The topological polar surface area (TPSA) is 94.1 Å². The Morgan fingerprint density at radius 2 is 2.47 bits per heavy atom. The van der Waals surface area contributed by atoms with E-state index in [4.69, 9.17) is 5.73 Å². The molecule has 0 amide bonds. The Morgan fingerprint density at radius 3 is 3.07 bits per heavy atom. The highest BCUT2D eigenvalue weighted by atomic mass is 16.6. The maximum absolute atomic E-state index is 10.5. The van der Waals surface area contributed by atoms with E-state index in [1.165, 1.54) is 12.3 Å². The number of hydrogen-bond acceptors (Lipinski definition) is 5. The predicted molar refractivity (Wildman–Crippen MR) is 56.1 cm³/mol. The molecular formula is C9H10N4O2. The van der Waals surface area contributed by atoms with Gasteiger partial charge in [-0.3, -0.25) is 10.1 Å². The van der Waals surface area contributed by atoms with Crippen molar-refractivity contribution in [2.45, 2.75) is 0 Å². The zero-order valence-corrected chi connectivity index (χ0v) is 8.15. The van der Waals surface area contributed by atoms with Crippen LogP contribution < -0.4 is 11.1 Å². The second-order valence-corrected chi connectivity index (χ2v) is 2.72. The number of nitrogen functional groups attached to an aromatic ring is 1. The number of nitro groups is 1. The van der Waals surface area contributed by atoms with Crippen LogP contribution in [-0.4, -0.2) is 23.5 Å². The molecule has 0 atom stereocenters. The molecule has 0 saturated heterocycles. The second-order valence-electron chi connectivity index (χ2n) is 2.72. The average Bonchev–Trinajstić information content (AvgIpc) is 2.20. The van der Waals surface area contributed by atoms with Crippen LogP contribution in [0.1, 0.15) is 5.56 Å². The van der Waals surface area contributed by atoms with E-state index in [1.807, 2.05) is 0 Å². The monoisotopic (exact) mass is 206 g/mol. The van der Waals surface area contributed by atoms with Crippen LogP contribution in [0.2, 0.25) is 0 Å². The van der Waals surface area contributed by atoms with Gasteiger partial charge in [-0.05, 0) is 7.05 Å². The maximum Gasteiger partial charge on any atom is 0.312 e. The lowest BCUT2D eigenvalue weighted by molar-refractivity contribution is -0.384. The minimum Gasteiger partial charge on any atom is -0.378 e. The molecule has 0 spiro atoms. The molecule has 0 aliphatic carbocycles. The van der Waals surface area contributed by atoms with Crippen LogP contribution in [0.4, 0.5) is 11.5 Å². The van der Waals surface area contributed by atoms with Gasteiger partial charge in [0.15, 0.2) is 0 Å². The fourth-order valence-electron chi connectivity index (χ4n) is 0.913. The molecule has 1 aromatic rings. The number of pyridine rings is 1. The van der Waals surface area contributed by atoms with Crippen LogP contribution in [0.3, 0.4) is 0 Å². The Bertz CT molecular complexity index is 433. The van der Waals surface area contributed by atoms with Gasteiger partial charge >= 0.3 is 5.69 Å². The number of rotatable bonds is 2. The molecular weight excluding hydrogens is 196 g/mol. The summed E-state index contributed by atoms with van der Waals surface area (Å²) in [4.78, 5) is 13.6. The number of nitrogens with two attached hydrogens (primary N) is 1. The Kier molecular flexibility index (Phi) is 3.60. The van der Waals surface area contributed by atoms with Crippen LogP contribution in [0.15, 0.2) is 12.3 Å². The highest BCUT2D eigenvalue weighted by Crippen LogP contribution is 2.18. The summed E-state index contributed by atoms with van der Waals surface area (Å²) in [6.07, 6.45) is 1.41. The summed E-state index contributed by atoms with van der Waals surface area (Å²) >= 11 is 0. The molecule has 1 rings (SSSR count). The number of anilines is 1. The Labute approximate surface area is 86.7 Å². The van der Waals surface area contributed by atoms with Crippen LogP contribution in [-0.2, 0) is 0 Å². The summed E-state index contributed by atoms with van der Waals surface area (Å²) < 4.78 is 0. The van der Waals surface area contributed by atoms with Crippen molar-refractivity contribution in [2.24, 2.45) is 0 Å². The van der Waals surface area contributed by atoms with E-state index in [0.717, 1.165) is 0 Å². The largest absolute Gasteiger partial charge is 0.378 e. The molecule has 3 N–H and O–H groups in total. The van der Waals surface area contributed by atoms with E-state index in [0.29, 0.717) is 12.1 Å². The first-order valence-electron chi connectivity index (χ1n) is 4.18. The molecule has 0 aliphatic heterocycles. The molecule has 6 nitrogen and oxygen atoms in total. The molecule has 0 saturated carbocycles. The third-order valence-electron chi connectivity index (χ3n) is 1.59. The van der Waals surface area contributed by atoms with Gasteiger partial charge in [0, 0.05) is 17.8 Å². The summed E-state index contributed by atoms with van der Waals surface area (Å²) in [5.41, 5.74) is 5.59. The summed E-state index contributed by atoms with van der Waals surface area (Å²) in [5, 5.41) is 13.4. The van der Waals surface area contributed by atoms with E-state index < -0.39 is 4.92 Å². The van der Waals surface area contributed by atoms with Crippen molar-refractivity contribution in [1.29, 1.82) is 0 Å². The van der Waals surface area contributed by atoms with Crippen molar-refractivity contribution in [3.63, 3.8) is 0 Å². The van der Waals surface area contributed by atoms with Crippen molar-refractivity contribution in [2.75, 3.05) is 19.3 Å². The first-order chi connectivity index (χ1) is 7.15. The van der Waals surface area contributed by atoms with Gasteiger partial charge in [0.1, 0.15) is 0 Å². The summed E-state index contributed by atoms with van der Waals surface area (Å²) in [7, 11) is 1.76. The molecule has 0 fully saturated rings. The van der Waals surface area contributed by atoms with E-state index in [9.17, 15) is 10.1 Å². The molecule has 1 heterocycles. The SMILES string of the molecule is CNCC#Cc1cnc(N)c([N+](=O)[O-])c1. The van der Waals surface area contributed by atoms with Crippen molar-refractivity contribution >= 4 is 11.5 Å². The van der Waals surface area contributed by atoms with Crippen LogP contribution in [0, 0.1) is 22.0 Å². The molecule has 78 valence electrons. The quantitative estimate of drug-likeness (QED) is 0.408. The number of hydrogen-bond donors (Lipinski definition) is 2. The van der Waals surface area contributed by atoms with Gasteiger partial charge in [-0.1, -0.05) is 11.8 Å². The number of nitrogens with one attached hydrogen (secondary N) is 1. The molecule has 0 bridgehead atoms. The average molecular weight is 206 g/mol. The Morgan fingerprint density at radius 1 is 1.73 bits per heavy atom. The van der Waals surface area contributed by atoms with Crippen molar-refractivity contribution in [3.8, 4) is 11.8 Å². The fourth-order valence-corrected chi connectivity index (χ4v) is 0.913. The number of nitrogens with zero attached hydrogens (tertiary/aromatic N) is 2. The second kappa shape index (κ2) is 4.93. The fraction of sp³-hybridized carbons (Fsp3) is 0.222. The van der Waals surface area contributed by atoms with E-state index in [2.05, 4.69) is 22.1 Å². The smallest absolute Gasteiger partial charge is 0.312 e. The maximum atomic E-state index is 10.5. The molecule has 0 aliphatic rings. The van der Waals surface area contributed by atoms with E-state index in [1.54, 1.807) is 7.05 Å². The standard InChI is InChI=1S/C9H10N4O2/c1-11-4-2-3-7-5-8(13(14)15)9(10)12-6-7/h5-6,11H,4H2,1H3,(H2,10,12). The lowest BCUT2D eigenvalue weighted by Gasteiger charge is -1.95. The van der Waals surface area contributed by atoms with Gasteiger partial charge in [-0.15, -0.1) is 0 Å². The molecule has 6 heteroatoms. The summed E-state index contributed by atoms with van der Waals surface area (Å²) in [5.74, 6) is 5.41. The van der Waals surface area contributed by atoms with E-state index in [-0.39, 0.29) is 11.5 Å². The van der Waals surface area contributed by atoms with Crippen LogP contribution in [0.5, 0.6) is 0 Å². The van der Waals surface area contributed by atoms with Gasteiger partial charge in [-0.25, -0.2) is 4.98 Å². The first-order valence-corrected chi connectivity index (χ1v) is 4.18. The Hall–Kier alpha value is -2.13. The zero-order chi connectivity index (χ0) is 11.3.